The molecule has 0 fully saturated rings. The smallest absolute Gasteiger partial charge is 0.259 e. The van der Waals surface area contributed by atoms with Crippen LogP contribution in [-0.4, -0.2) is 19.2 Å². The van der Waals surface area contributed by atoms with E-state index in [0.29, 0.717) is 12.0 Å². The first-order valence-corrected chi connectivity index (χ1v) is 7.47. The molecule has 0 aliphatic heterocycles. The van der Waals surface area contributed by atoms with Gasteiger partial charge >= 0.3 is 0 Å². The number of allylic oxidation sites excluding steroid dienone is 2. The van der Waals surface area contributed by atoms with Gasteiger partial charge in [0, 0.05) is 18.8 Å². The summed E-state index contributed by atoms with van der Waals surface area (Å²) in [7, 11) is 1.68. The van der Waals surface area contributed by atoms with Crippen molar-refractivity contribution in [1.82, 2.24) is 10.6 Å². The molecule has 0 atom stereocenters. The molecule has 2 aromatic carbocycles. The highest BCUT2D eigenvalue weighted by Crippen LogP contribution is 2.26. The number of nitrogens with one attached hydrogen (secondary N) is 2. The molecule has 0 heterocycles. The largest absolute Gasteiger partial charge is 0.457 e. The lowest BCUT2D eigenvalue weighted by molar-refractivity contribution is -0.104. The van der Waals surface area contributed by atoms with E-state index < -0.39 is 11.7 Å². The number of aldehydes is 1. The first kappa shape index (κ1) is 17.9. The fraction of sp³-hybridized carbons (Fsp3) is 0.0526. The number of ether oxygens (including phenoxy) is 1. The van der Waals surface area contributed by atoms with Crippen molar-refractivity contribution in [2.75, 3.05) is 7.05 Å². The molecule has 1 amide bonds. The highest BCUT2D eigenvalue weighted by atomic mass is 19.1. The molecular formula is C19H17FN2O3. The van der Waals surface area contributed by atoms with Gasteiger partial charge < -0.3 is 15.4 Å². The van der Waals surface area contributed by atoms with Gasteiger partial charge in [-0.1, -0.05) is 18.2 Å². The number of rotatable bonds is 7. The van der Waals surface area contributed by atoms with Crippen LogP contribution in [0, 0.1) is 5.82 Å². The number of hydrogen-bond donors (Lipinski definition) is 2. The van der Waals surface area contributed by atoms with E-state index in [2.05, 4.69) is 10.6 Å². The standard InChI is InChI=1S/C19H17FN2O3/c1-21-11-9-15(10-12-23)22-19(24)17-13-14(20)7-8-18(17)25-16-5-3-2-4-6-16/h2-13,21H,1H3,(H,22,24)/b11-9-,15-10+. The van der Waals surface area contributed by atoms with Crippen molar-refractivity contribution in [1.29, 1.82) is 0 Å². The quantitative estimate of drug-likeness (QED) is 0.462. The zero-order valence-electron chi connectivity index (χ0n) is 13.5. The van der Waals surface area contributed by atoms with Gasteiger partial charge in [-0.25, -0.2) is 4.39 Å². The fourth-order valence-electron chi connectivity index (χ4n) is 1.97. The van der Waals surface area contributed by atoms with E-state index >= 15 is 0 Å². The molecule has 0 spiro atoms. The van der Waals surface area contributed by atoms with Crippen molar-refractivity contribution >= 4 is 12.2 Å². The van der Waals surface area contributed by atoms with E-state index in [1.165, 1.54) is 24.3 Å². The second-order valence-corrected chi connectivity index (χ2v) is 4.89. The molecular weight excluding hydrogens is 323 g/mol. The lowest BCUT2D eigenvalue weighted by Gasteiger charge is -2.12. The van der Waals surface area contributed by atoms with Crippen LogP contribution in [0.4, 0.5) is 4.39 Å². The predicted molar refractivity (Wildman–Crippen MR) is 92.7 cm³/mol. The van der Waals surface area contributed by atoms with Gasteiger partial charge in [0.15, 0.2) is 0 Å². The van der Waals surface area contributed by atoms with Crippen molar-refractivity contribution in [3.63, 3.8) is 0 Å². The molecule has 0 aliphatic carbocycles. The summed E-state index contributed by atoms with van der Waals surface area (Å²) in [5, 5.41) is 5.29. The van der Waals surface area contributed by atoms with Gasteiger partial charge in [-0.15, -0.1) is 0 Å². The minimum Gasteiger partial charge on any atom is -0.457 e. The maximum Gasteiger partial charge on any atom is 0.259 e. The minimum absolute atomic E-state index is 0.0125. The molecule has 6 heteroatoms. The zero-order valence-corrected chi connectivity index (χ0v) is 13.5. The Kier molecular flexibility index (Phi) is 6.47. The Morgan fingerprint density at radius 3 is 2.60 bits per heavy atom. The number of hydrogen-bond acceptors (Lipinski definition) is 4. The number of para-hydroxylation sites is 1. The highest BCUT2D eigenvalue weighted by molar-refractivity contribution is 5.98. The molecule has 2 rings (SSSR count). The van der Waals surface area contributed by atoms with Gasteiger partial charge in [-0.2, -0.15) is 0 Å². The summed E-state index contributed by atoms with van der Waals surface area (Å²) in [5.41, 5.74) is 0.266. The van der Waals surface area contributed by atoms with E-state index in [-0.39, 0.29) is 17.0 Å². The van der Waals surface area contributed by atoms with Crippen LogP contribution in [0.5, 0.6) is 11.5 Å². The van der Waals surface area contributed by atoms with Gasteiger partial charge in [0.2, 0.25) is 0 Å². The van der Waals surface area contributed by atoms with Gasteiger partial charge in [0.05, 0.1) is 5.56 Å². The molecule has 0 saturated carbocycles. The van der Waals surface area contributed by atoms with Crippen LogP contribution >= 0.6 is 0 Å². The van der Waals surface area contributed by atoms with Gasteiger partial charge in [0.1, 0.15) is 23.6 Å². The average molecular weight is 340 g/mol. The van der Waals surface area contributed by atoms with Crippen molar-refractivity contribution in [3.05, 3.63) is 84.0 Å². The Bertz CT molecular complexity index is 802. The molecule has 0 saturated heterocycles. The highest BCUT2D eigenvalue weighted by Gasteiger charge is 2.15. The SMILES string of the molecule is CN/C=C\C(=C/C=O)NC(=O)c1cc(F)ccc1Oc1ccccc1. The normalized spacial score (nSPS) is 11.2. The van der Waals surface area contributed by atoms with E-state index in [1.54, 1.807) is 37.5 Å². The van der Waals surface area contributed by atoms with Crippen molar-refractivity contribution in [3.8, 4) is 11.5 Å². The molecule has 0 aliphatic rings. The molecule has 25 heavy (non-hydrogen) atoms. The minimum atomic E-state index is -0.598. The van der Waals surface area contributed by atoms with Crippen LogP contribution in [0.2, 0.25) is 0 Å². The fourth-order valence-corrected chi connectivity index (χ4v) is 1.97. The third-order valence-electron chi connectivity index (χ3n) is 3.09. The Balaban J connectivity index is 2.28. The molecule has 0 unspecified atom stereocenters. The summed E-state index contributed by atoms with van der Waals surface area (Å²) in [6, 6.07) is 12.5. The van der Waals surface area contributed by atoms with Gasteiger partial charge in [-0.05, 0) is 42.6 Å². The summed E-state index contributed by atoms with van der Waals surface area (Å²) in [5.74, 6) is -0.452. The molecule has 0 radical (unpaired) electrons. The van der Waals surface area contributed by atoms with E-state index in [1.807, 2.05) is 6.07 Å². The van der Waals surface area contributed by atoms with Crippen LogP contribution in [0.15, 0.2) is 72.6 Å². The zero-order chi connectivity index (χ0) is 18.1. The molecule has 2 N–H and O–H groups in total. The maximum atomic E-state index is 13.6. The predicted octanol–water partition coefficient (Wildman–Crippen LogP) is 3.16. The van der Waals surface area contributed by atoms with Crippen LogP contribution < -0.4 is 15.4 Å². The Labute approximate surface area is 144 Å². The summed E-state index contributed by atoms with van der Waals surface area (Å²) in [6.45, 7) is 0. The summed E-state index contributed by atoms with van der Waals surface area (Å²) >= 11 is 0. The number of carbonyl (C=O) groups is 2. The van der Waals surface area contributed by atoms with Gasteiger partial charge in [-0.3, -0.25) is 9.59 Å². The summed E-state index contributed by atoms with van der Waals surface area (Å²) in [4.78, 5) is 23.2. The first-order valence-electron chi connectivity index (χ1n) is 7.47. The topological polar surface area (TPSA) is 67.4 Å². The van der Waals surface area contributed by atoms with Crippen LogP contribution in [0.3, 0.4) is 0 Å². The Morgan fingerprint density at radius 1 is 1.16 bits per heavy atom. The molecule has 5 nitrogen and oxygen atoms in total. The van der Waals surface area contributed by atoms with Crippen molar-refractivity contribution in [2.45, 2.75) is 0 Å². The number of carbonyl (C=O) groups excluding carboxylic acids is 2. The second kappa shape index (κ2) is 9.02. The van der Waals surface area contributed by atoms with E-state index in [9.17, 15) is 14.0 Å². The number of halogens is 1. The van der Waals surface area contributed by atoms with Crippen LogP contribution in [0.25, 0.3) is 0 Å². The second-order valence-electron chi connectivity index (χ2n) is 4.89. The lowest BCUT2D eigenvalue weighted by Crippen LogP contribution is -2.23. The molecule has 128 valence electrons. The average Bonchev–Trinajstić information content (AvgIpc) is 2.62. The Morgan fingerprint density at radius 2 is 1.92 bits per heavy atom. The third kappa shape index (κ3) is 5.31. The molecule has 0 bridgehead atoms. The number of benzene rings is 2. The van der Waals surface area contributed by atoms with Crippen LogP contribution in [-0.2, 0) is 4.79 Å². The van der Waals surface area contributed by atoms with E-state index in [4.69, 9.17) is 4.74 Å². The first-order chi connectivity index (χ1) is 12.1. The molecule has 0 aromatic heterocycles. The lowest BCUT2D eigenvalue weighted by atomic mass is 10.1. The van der Waals surface area contributed by atoms with E-state index in [0.717, 1.165) is 6.07 Å². The maximum absolute atomic E-state index is 13.6. The molecule has 2 aromatic rings. The summed E-state index contributed by atoms with van der Waals surface area (Å²) < 4.78 is 19.3. The monoisotopic (exact) mass is 340 g/mol. The summed E-state index contributed by atoms with van der Waals surface area (Å²) in [6.07, 6.45) is 4.78. The Hall–Kier alpha value is -3.41. The third-order valence-corrected chi connectivity index (χ3v) is 3.09. The van der Waals surface area contributed by atoms with Crippen LogP contribution in [0.1, 0.15) is 10.4 Å². The van der Waals surface area contributed by atoms with Crippen molar-refractivity contribution in [2.24, 2.45) is 0 Å². The number of amides is 1. The van der Waals surface area contributed by atoms with Gasteiger partial charge in [0.25, 0.3) is 5.91 Å². The van der Waals surface area contributed by atoms with Crippen molar-refractivity contribution < 1.29 is 18.7 Å².